The van der Waals surface area contributed by atoms with E-state index in [-0.39, 0.29) is 5.75 Å². The molecule has 0 radical (unpaired) electrons. The van der Waals surface area contributed by atoms with Crippen LogP contribution in [0.4, 0.5) is 5.69 Å². The SMILES string of the molecule is COC(=O)C(C)(O)CSc1cccc(N)c1C. The molecule has 0 saturated carbocycles. The van der Waals surface area contributed by atoms with Gasteiger partial charge in [-0.15, -0.1) is 11.8 Å². The van der Waals surface area contributed by atoms with Gasteiger partial charge in [0.2, 0.25) is 0 Å². The van der Waals surface area contributed by atoms with Gasteiger partial charge < -0.3 is 15.6 Å². The van der Waals surface area contributed by atoms with E-state index in [1.54, 1.807) is 0 Å². The van der Waals surface area contributed by atoms with Crippen LogP contribution in [0.1, 0.15) is 12.5 Å². The minimum Gasteiger partial charge on any atom is -0.467 e. The molecule has 0 spiro atoms. The molecule has 1 atom stereocenters. The highest BCUT2D eigenvalue weighted by molar-refractivity contribution is 7.99. The molecule has 94 valence electrons. The number of benzene rings is 1. The van der Waals surface area contributed by atoms with Gasteiger partial charge in [0.1, 0.15) is 0 Å². The number of thioether (sulfide) groups is 1. The zero-order chi connectivity index (χ0) is 13.1. The number of nitrogens with two attached hydrogens (primary N) is 1. The lowest BCUT2D eigenvalue weighted by atomic mass is 10.1. The van der Waals surface area contributed by atoms with E-state index in [2.05, 4.69) is 4.74 Å². The Labute approximate surface area is 105 Å². The molecule has 0 saturated heterocycles. The van der Waals surface area contributed by atoms with Gasteiger partial charge in [-0.25, -0.2) is 4.79 Å². The number of carbonyl (C=O) groups excluding carboxylic acids is 1. The average molecular weight is 255 g/mol. The van der Waals surface area contributed by atoms with Gasteiger partial charge in [0.05, 0.1) is 7.11 Å². The van der Waals surface area contributed by atoms with Crippen molar-refractivity contribution in [3.8, 4) is 0 Å². The minimum absolute atomic E-state index is 0.226. The van der Waals surface area contributed by atoms with Crippen LogP contribution in [0.15, 0.2) is 23.1 Å². The van der Waals surface area contributed by atoms with Crippen molar-refractivity contribution in [2.24, 2.45) is 0 Å². The van der Waals surface area contributed by atoms with E-state index < -0.39 is 11.6 Å². The van der Waals surface area contributed by atoms with Gasteiger partial charge in [0.25, 0.3) is 0 Å². The van der Waals surface area contributed by atoms with E-state index in [1.807, 2.05) is 25.1 Å². The van der Waals surface area contributed by atoms with Crippen LogP contribution in [-0.2, 0) is 9.53 Å². The second-order valence-electron chi connectivity index (χ2n) is 4.02. The molecule has 0 aromatic heterocycles. The monoisotopic (exact) mass is 255 g/mol. The van der Waals surface area contributed by atoms with Gasteiger partial charge in [-0.1, -0.05) is 6.07 Å². The summed E-state index contributed by atoms with van der Waals surface area (Å²) in [5.74, 6) is -0.407. The van der Waals surface area contributed by atoms with Gasteiger partial charge in [0.15, 0.2) is 5.60 Å². The van der Waals surface area contributed by atoms with E-state index in [0.29, 0.717) is 5.69 Å². The highest BCUT2D eigenvalue weighted by Gasteiger charge is 2.31. The van der Waals surface area contributed by atoms with Crippen molar-refractivity contribution < 1.29 is 14.6 Å². The van der Waals surface area contributed by atoms with Gasteiger partial charge >= 0.3 is 5.97 Å². The quantitative estimate of drug-likeness (QED) is 0.485. The first-order valence-corrected chi connectivity index (χ1v) is 6.15. The molecular formula is C12H17NO3S. The number of hydrogen-bond acceptors (Lipinski definition) is 5. The summed E-state index contributed by atoms with van der Waals surface area (Å²) in [6, 6.07) is 5.57. The maximum absolute atomic E-state index is 11.3. The normalized spacial score (nSPS) is 14.1. The first kappa shape index (κ1) is 13.9. The van der Waals surface area contributed by atoms with Crippen molar-refractivity contribution in [3.63, 3.8) is 0 Å². The largest absolute Gasteiger partial charge is 0.467 e. The number of anilines is 1. The van der Waals surface area contributed by atoms with Gasteiger partial charge in [0, 0.05) is 16.3 Å². The minimum atomic E-state index is -1.49. The van der Waals surface area contributed by atoms with Crippen molar-refractivity contribution in [2.75, 3.05) is 18.6 Å². The summed E-state index contributed by atoms with van der Waals surface area (Å²) < 4.78 is 4.53. The zero-order valence-corrected chi connectivity index (χ0v) is 11.0. The summed E-state index contributed by atoms with van der Waals surface area (Å²) in [4.78, 5) is 12.2. The van der Waals surface area contributed by atoms with E-state index in [4.69, 9.17) is 5.73 Å². The van der Waals surface area contributed by atoms with Crippen LogP contribution in [0.2, 0.25) is 0 Å². The lowest BCUT2D eigenvalue weighted by Crippen LogP contribution is -2.38. The second-order valence-corrected chi connectivity index (χ2v) is 5.04. The highest BCUT2D eigenvalue weighted by atomic mass is 32.2. The summed E-state index contributed by atoms with van der Waals surface area (Å²) in [5.41, 5.74) is 5.95. The topological polar surface area (TPSA) is 72.5 Å². The van der Waals surface area contributed by atoms with E-state index in [0.717, 1.165) is 10.5 Å². The molecule has 0 aliphatic heterocycles. The molecule has 0 aliphatic carbocycles. The first-order valence-electron chi connectivity index (χ1n) is 5.17. The number of methoxy groups -OCH3 is 1. The molecule has 1 unspecified atom stereocenters. The average Bonchev–Trinajstić information content (AvgIpc) is 2.30. The van der Waals surface area contributed by atoms with Gasteiger partial charge in [-0.05, 0) is 31.5 Å². The van der Waals surface area contributed by atoms with Crippen molar-refractivity contribution in [3.05, 3.63) is 23.8 Å². The van der Waals surface area contributed by atoms with Crippen molar-refractivity contribution in [1.29, 1.82) is 0 Å². The smallest absolute Gasteiger partial charge is 0.338 e. The van der Waals surface area contributed by atoms with Crippen molar-refractivity contribution in [2.45, 2.75) is 24.3 Å². The molecule has 1 aromatic rings. The van der Waals surface area contributed by atoms with Crippen LogP contribution < -0.4 is 5.73 Å². The Balaban J connectivity index is 2.74. The predicted octanol–water partition coefficient (Wildman–Crippen LogP) is 1.59. The lowest BCUT2D eigenvalue weighted by Gasteiger charge is -2.20. The molecule has 4 nitrogen and oxygen atoms in total. The number of carbonyl (C=O) groups is 1. The molecule has 1 aromatic carbocycles. The number of aliphatic hydroxyl groups is 1. The number of esters is 1. The molecule has 0 heterocycles. The zero-order valence-electron chi connectivity index (χ0n) is 10.2. The fourth-order valence-corrected chi connectivity index (χ4v) is 2.35. The highest BCUT2D eigenvalue weighted by Crippen LogP contribution is 2.28. The van der Waals surface area contributed by atoms with Crippen LogP contribution in [0.25, 0.3) is 0 Å². The Hall–Kier alpha value is -1.20. The molecule has 3 N–H and O–H groups in total. The molecule has 0 amide bonds. The summed E-state index contributed by atoms with van der Waals surface area (Å²) in [6.45, 7) is 3.35. The third-order valence-electron chi connectivity index (χ3n) is 2.46. The van der Waals surface area contributed by atoms with Crippen LogP contribution in [0, 0.1) is 6.92 Å². The number of rotatable bonds is 4. The summed E-state index contributed by atoms with van der Waals surface area (Å²) >= 11 is 1.38. The number of nitrogen functional groups attached to an aromatic ring is 1. The molecule has 1 rings (SSSR count). The van der Waals surface area contributed by atoms with Crippen molar-refractivity contribution >= 4 is 23.4 Å². The van der Waals surface area contributed by atoms with E-state index in [9.17, 15) is 9.90 Å². The Morgan fingerprint density at radius 3 is 2.82 bits per heavy atom. The number of hydrogen-bond donors (Lipinski definition) is 2. The Kier molecular flexibility index (Phi) is 4.42. The molecule has 0 fully saturated rings. The van der Waals surface area contributed by atoms with Crippen LogP contribution in [0.3, 0.4) is 0 Å². The number of ether oxygens (including phenoxy) is 1. The maximum Gasteiger partial charge on any atom is 0.338 e. The standard InChI is InChI=1S/C12H17NO3S/c1-8-9(13)5-4-6-10(8)17-7-12(2,15)11(14)16-3/h4-6,15H,7,13H2,1-3H3. The summed E-state index contributed by atoms with van der Waals surface area (Å²) in [7, 11) is 1.26. The van der Waals surface area contributed by atoms with Crippen LogP contribution in [0.5, 0.6) is 0 Å². The Bertz CT molecular complexity index is 418. The maximum atomic E-state index is 11.3. The third kappa shape index (κ3) is 3.38. The van der Waals surface area contributed by atoms with Gasteiger partial charge in [-0.2, -0.15) is 0 Å². The van der Waals surface area contributed by atoms with Crippen molar-refractivity contribution in [1.82, 2.24) is 0 Å². The van der Waals surface area contributed by atoms with Crippen LogP contribution >= 0.6 is 11.8 Å². The fraction of sp³-hybridized carbons (Fsp3) is 0.417. The molecule has 0 aliphatic rings. The molecule has 0 bridgehead atoms. The fourth-order valence-electron chi connectivity index (χ4n) is 1.28. The Morgan fingerprint density at radius 1 is 1.59 bits per heavy atom. The molecule has 5 heteroatoms. The van der Waals surface area contributed by atoms with Crippen LogP contribution in [-0.4, -0.2) is 29.5 Å². The first-order chi connectivity index (χ1) is 7.88. The summed E-state index contributed by atoms with van der Waals surface area (Å²) in [5, 5.41) is 9.88. The molecular weight excluding hydrogens is 238 g/mol. The summed E-state index contributed by atoms with van der Waals surface area (Å²) in [6.07, 6.45) is 0. The lowest BCUT2D eigenvalue weighted by molar-refractivity contribution is -0.158. The second kappa shape index (κ2) is 5.42. The van der Waals surface area contributed by atoms with Gasteiger partial charge in [-0.3, -0.25) is 0 Å². The third-order valence-corrected chi connectivity index (χ3v) is 3.92. The van der Waals surface area contributed by atoms with E-state index >= 15 is 0 Å². The molecule has 17 heavy (non-hydrogen) atoms. The van der Waals surface area contributed by atoms with E-state index in [1.165, 1.54) is 25.8 Å². The Morgan fingerprint density at radius 2 is 2.24 bits per heavy atom. The predicted molar refractivity (Wildman–Crippen MR) is 69.0 cm³/mol.